The summed E-state index contributed by atoms with van der Waals surface area (Å²) in [6.07, 6.45) is 8.57. The number of fused-ring (bicyclic) bond motifs is 1. The Bertz CT molecular complexity index is 906. The summed E-state index contributed by atoms with van der Waals surface area (Å²) in [6.45, 7) is 5.59. The predicted molar refractivity (Wildman–Crippen MR) is 111 cm³/mol. The Kier molecular flexibility index (Phi) is 6.76. The Hall–Kier alpha value is -2.73. The Labute approximate surface area is 166 Å². The predicted octanol–water partition coefficient (Wildman–Crippen LogP) is 3.32. The van der Waals surface area contributed by atoms with E-state index in [2.05, 4.69) is 35.2 Å². The zero-order chi connectivity index (χ0) is 19.9. The maximum absolute atomic E-state index is 13.0. The monoisotopic (exact) mass is 379 g/mol. The largest absolute Gasteiger partial charge is 0.340 e. The molecular weight excluding hydrogens is 350 g/mol. The van der Waals surface area contributed by atoms with Crippen molar-refractivity contribution < 1.29 is 4.79 Å². The van der Waals surface area contributed by atoms with E-state index in [0.29, 0.717) is 12.2 Å². The van der Waals surface area contributed by atoms with Gasteiger partial charge in [-0.1, -0.05) is 25.5 Å². The average Bonchev–Trinajstić information content (AvgIpc) is 3.09. The van der Waals surface area contributed by atoms with Crippen LogP contribution in [0.3, 0.4) is 0 Å². The molecule has 3 heterocycles. The molecule has 0 aromatic carbocycles. The molecule has 0 fully saturated rings. The van der Waals surface area contributed by atoms with Gasteiger partial charge in [-0.05, 0) is 43.5 Å². The number of unbranched alkanes of at least 4 members (excludes halogenated alkanes) is 1. The quantitative estimate of drug-likeness (QED) is 0.619. The van der Waals surface area contributed by atoms with Crippen LogP contribution in [-0.4, -0.2) is 44.8 Å². The number of pyridine rings is 2. The summed E-state index contributed by atoms with van der Waals surface area (Å²) < 4.78 is 2.00. The molecule has 0 saturated heterocycles. The molecule has 0 unspecified atom stereocenters. The van der Waals surface area contributed by atoms with Crippen LogP contribution in [0.4, 0.5) is 0 Å². The number of amides is 1. The Balaban J connectivity index is 1.78. The molecule has 0 aliphatic heterocycles. The number of hydrogen-bond acceptors (Lipinski definition) is 4. The van der Waals surface area contributed by atoms with Crippen molar-refractivity contribution in [3.63, 3.8) is 0 Å². The first-order valence-corrected chi connectivity index (χ1v) is 9.93. The van der Waals surface area contributed by atoms with Gasteiger partial charge in [0.15, 0.2) is 5.69 Å². The van der Waals surface area contributed by atoms with E-state index in [1.165, 1.54) is 5.56 Å². The van der Waals surface area contributed by atoms with Crippen LogP contribution in [0.15, 0.2) is 48.9 Å². The maximum atomic E-state index is 13.0. The van der Waals surface area contributed by atoms with Crippen molar-refractivity contribution in [1.82, 2.24) is 24.6 Å². The molecule has 0 bridgehead atoms. The molecule has 3 rings (SSSR count). The second-order valence-electron chi connectivity index (χ2n) is 7.26. The minimum absolute atomic E-state index is 0.0196. The Morgan fingerprint density at radius 2 is 2.14 bits per heavy atom. The van der Waals surface area contributed by atoms with Gasteiger partial charge in [0.1, 0.15) is 5.65 Å². The molecule has 6 heteroatoms. The van der Waals surface area contributed by atoms with E-state index in [-0.39, 0.29) is 11.9 Å². The molecule has 6 nitrogen and oxygen atoms in total. The zero-order valence-corrected chi connectivity index (χ0v) is 16.9. The van der Waals surface area contributed by atoms with Crippen LogP contribution in [-0.2, 0) is 13.0 Å². The highest BCUT2D eigenvalue weighted by molar-refractivity contribution is 5.94. The standard InChI is InChI=1S/C22H29N5O/c1-4-5-12-26(3)22(28)21-19(27-13-7-6-10-20(27)25-21)16-24-17(2)14-18-9-8-11-23-15-18/h6-11,13,15,17,24H,4-5,12,14,16H2,1-3H3/t17-/m0/s1. The van der Waals surface area contributed by atoms with Gasteiger partial charge in [0.2, 0.25) is 0 Å². The lowest BCUT2D eigenvalue weighted by Gasteiger charge is -2.17. The normalized spacial score (nSPS) is 12.2. The first-order valence-electron chi connectivity index (χ1n) is 9.93. The van der Waals surface area contributed by atoms with Gasteiger partial charge in [-0.15, -0.1) is 0 Å². The number of nitrogens with one attached hydrogen (secondary N) is 1. The lowest BCUT2D eigenvalue weighted by Crippen LogP contribution is -2.32. The van der Waals surface area contributed by atoms with Gasteiger partial charge in [0.25, 0.3) is 5.91 Å². The molecule has 0 radical (unpaired) electrons. The number of carbonyl (C=O) groups is 1. The first-order chi connectivity index (χ1) is 13.6. The Morgan fingerprint density at radius 3 is 2.89 bits per heavy atom. The number of imidazole rings is 1. The molecule has 0 spiro atoms. The van der Waals surface area contributed by atoms with Gasteiger partial charge in [-0.25, -0.2) is 4.98 Å². The van der Waals surface area contributed by atoms with Crippen molar-refractivity contribution in [2.45, 2.75) is 45.7 Å². The van der Waals surface area contributed by atoms with Crippen LogP contribution in [0, 0.1) is 0 Å². The van der Waals surface area contributed by atoms with Crippen molar-refractivity contribution in [1.29, 1.82) is 0 Å². The summed E-state index contributed by atoms with van der Waals surface area (Å²) in [4.78, 5) is 23.6. The summed E-state index contributed by atoms with van der Waals surface area (Å²) in [5.41, 5.74) is 3.43. The van der Waals surface area contributed by atoms with Crippen molar-refractivity contribution in [2.24, 2.45) is 0 Å². The van der Waals surface area contributed by atoms with Crippen molar-refractivity contribution >= 4 is 11.6 Å². The fourth-order valence-corrected chi connectivity index (χ4v) is 3.28. The number of hydrogen-bond donors (Lipinski definition) is 1. The van der Waals surface area contributed by atoms with E-state index in [4.69, 9.17) is 0 Å². The fraction of sp³-hybridized carbons (Fsp3) is 0.409. The maximum Gasteiger partial charge on any atom is 0.274 e. The van der Waals surface area contributed by atoms with E-state index < -0.39 is 0 Å². The summed E-state index contributed by atoms with van der Waals surface area (Å²) in [5, 5.41) is 3.54. The molecule has 148 valence electrons. The molecule has 1 N–H and O–H groups in total. The molecule has 0 saturated carbocycles. The van der Waals surface area contributed by atoms with E-state index in [9.17, 15) is 4.79 Å². The smallest absolute Gasteiger partial charge is 0.274 e. The summed E-state index contributed by atoms with van der Waals surface area (Å²) in [5.74, 6) is -0.0196. The summed E-state index contributed by atoms with van der Waals surface area (Å²) in [7, 11) is 1.85. The molecule has 0 aliphatic carbocycles. The third kappa shape index (κ3) is 4.75. The van der Waals surface area contributed by atoms with E-state index in [1.54, 1.807) is 11.1 Å². The van der Waals surface area contributed by atoms with Gasteiger partial charge in [0, 0.05) is 44.8 Å². The molecule has 28 heavy (non-hydrogen) atoms. The van der Waals surface area contributed by atoms with Crippen molar-refractivity contribution in [2.75, 3.05) is 13.6 Å². The third-order valence-electron chi connectivity index (χ3n) is 4.91. The van der Waals surface area contributed by atoms with Crippen LogP contribution < -0.4 is 5.32 Å². The van der Waals surface area contributed by atoms with Crippen LogP contribution in [0.25, 0.3) is 5.65 Å². The van der Waals surface area contributed by atoms with Gasteiger partial charge in [0.05, 0.1) is 5.69 Å². The number of nitrogens with zero attached hydrogens (tertiary/aromatic N) is 4. The highest BCUT2D eigenvalue weighted by Crippen LogP contribution is 2.15. The van der Waals surface area contributed by atoms with E-state index in [0.717, 1.165) is 37.1 Å². The number of rotatable bonds is 9. The highest BCUT2D eigenvalue weighted by atomic mass is 16.2. The number of carbonyl (C=O) groups excluding carboxylic acids is 1. The minimum Gasteiger partial charge on any atom is -0.340 e. The third-order valence-corrected chi connectivity index (χ3v) is 4.91. The SMILES string of the molecule is CCCCN(C)C(=O)c1nc2ccccn2c1CN[C@@H](C)Cc1cccnc1. The molecule has 1 atom stereocenters. The number of aromatic nitrogens is 3. The van der Waals surface area contributed by atoms with Crippen molar-refractivity contribution in [3.05, 3.63) is 65.9 Å². The van der Waals surface area contributed by atoms with Gasteiger partial charge in [-0.3, -0.25) is 9.78 Å². The zero-order valence-electron chi connectivity index (χ0n) is 16.9. The van der Waals surface area contributed by atoms with E-state index >= 15 is 0 Å². The van der Waals surface area contributed by atoms with E-state index in [1.807, 2.05) is 48.1 Å². The molecule has 3 aromatic rings. The topological polar surface area (TPSA) is 62.5 Å². The van der Waals surface area contributed by atoms with Crippen LogP contribution >= 0.6 is 0 Å². The van der Waals surface area contributed by atoms with Crippen molar-refractivity contribution in [3.8, 4) is 0 Å². The fourth-order valence-electron chi connectivity index (χ4n) is 3.28. The molecule has 0 aliphatic rings. The minimum atomic E-state index is -0.0196. The molecule has 1 amide bonds. The second-order valence-corrected chi connectivity index (χ2v) is 7.26. The molecular formula is C22H29N5O. The van der Waals surface area contributed by atoms with Crippen LogP contribution in [0.5, 0.6) is 0 Å². The van der Waals surface area contributed by atoms with Gasteiger partial charge >= 0.3 is 0 Å². The molecule has 3 aromatic heterocycles. The van der Waals surface area contributed by atoms with Crippen LogP contribution in [0.2, 0.25) is 0 Å². The van der Waals surface area contributed by atoms with Crippen LogP contribution in [0.1, 0.15) is 48.4 Å². The first kappa shape index (κ1) is 20.0. The lowest BCUT2D eigenvalue weighted by molar-refractivity contribution is 0.0786. The van der Waals surface area contributed by atoms with Gasteiger partial charge in [-0.2, -0.15) is 0 Å². The summed E-state index contributed by atoms with van der Waals surface area (Å²) >= 11 is 0. The Morgan fingerprint density at radius 1 is 1.29 bits per heavy atom. The second kappa shape index (κ2) is 9.46. The van der Waals surface area contributed by atoms with Gasteiger partial charge < -0.3 is 14.6 Å². The lowest BCUT2D eigenvalue weighted by atomic mass is 10.1. The highest BCUT2D eigenvalue weighted by Gasteiger charge is 2.22. The average molecular weight is 380 g/mol. The summed E-state index contributed by atoms with van der Waals surface area (Å²) in [6, 6.07) is 10.1.